The summed E-state index contributed by atoms with van der Waals surface area (Å²) in [6.07, 6.45) is 1.84. The van der Waals surface area contributed by atoms with Crippen LogP contribution in [-0.2, 0) is 0 Å². The van der Waals surface area contributed by atoms with Gasteiger partial charge >= 0.3 is 0 Å². The second-order valence-electron chi connectivity index (χ2n) is 1.92. The Hall–Kier alpha value is -0.670. The van der Waals surface area contributed by atoms with E-state index in [4.69, 9.17) is 0 Å². The summed E-state index contributed by atoms with van der Waals surface area (Å²) < 4.78 is 0. The summed E-state index contributed by atoms with van der Waals surface area (Å²) in [7, 11) is 1.89. The molecule has 1 aromatic rings. The van der Waals surface area contributed by atoms with Crippen LogP contribution in [0.25, 0.3) is 0 Å². The Bertz CT molecular complexity index is 193. The van der Waals surface area contributed by atoms with Crippen molar-refractivity contribution in [1.29, 1.82) is 0 Å². The lowest BCUT2D eigenvalue weighted by atomic mass is 10.2. The minimum atomic E-state index is 0.200. The lowest BCUT2D eigenvalue weighted by Crippen LogP contribution is -2.13. The van der Waals surface area contributed by atoms with E-state index in [1.807, 2.05) is 24.0 Å². The summed E-state index contributed by atoms with van der Waals surface area (Å²) in [6, 6.07) is 0.200. The topological polar surface area (TPSA) is 24.9 Å². The number of aromatic nitrogens is 1. The highest BCUT2D eigenvalue weighted by atomic mass is 32.1. The average molecular weight is 154 g/mol. The molecule has 0 aliphatic heterocycles. The molecule has 0 saturated heterocycles. The molecule has 0 saturated carbocycles. The van der Waals surface area contributed by atoms with Crippen molar-refractivity contribution in [2.24, 2.45) is 0 Å². The second kappa shape index (κ2) is 3.49. The van der Waals surface area contributed by atoms with Gasteiger partial charge in [0, 0.05) is 5.38 Å². The van der Waals surface area contributed by atoms with Crippen LogP contribution in [0.15, 0.2) is 23.5 Å². The first kappa shape index (κ1) is 7.44. The number of nitrogens with one attached hydrogen (secondary N) is 1. The Morgan fingerprint density at radius 3 is 3.10 bits per heavy atom. The number of nitrogens with zero attached hydrogens (tertiary/aromatic N) is 1. The Kier molecular flexibility index (Phi) is 2.59. The zero-order valence-electron chi connectivity index (χ0n) is 5.87. The van der Waals surface area contributed by atoms with Crippen molar-refractivity contribution in [2.75, 3.05) is 7.05 Å². The highest BCUT2D eigenvalue weighted by Gasteiger charge is 2.04. The van der Waals surface area contributed by atoms with E-state index in [0.29, 0.717) is 0 Å². The van der Waals surface area contributed by atoms with E-state index in [1.54, 1.807) is 11.3 Å². The smallest absolute Gasteiger partial charge is 0.0795 e. The third-order valence-corrected chi connectivity index (χ3v) is 1.92. The van der Waals surface area contributed by atoms with Crippen molar-refractivity contribution in [3.05, 3.63) is 29.2 Å². The summed E-state index contributed by atoms with van der Waals surface area (Å²) in [6.45, 7) is 3.69. The molecule has 1 rings (SSSR count). The van der Waals surface area contributed by atoms with Crippen LogP contribution >= 0.6 is 11.3 Å². The molecular formula is C7H10N2S. The largest absolute Gasteiger partial charge is 0.309 e. The lowest BCUT2D eigenvalue weighted by molar-refractivity contribution is 0.699. The van der Waals surface area contributed by atoms with E-state index >= 15 is 0 Å². The third-order valence-electron chi connectivity index (χ3n) is 1.32. The molecule has 1 unspecified atom stereocenters. The average Bonchev–Trinajstić information content (AvgIpc) is 2.43. The molecule has 1 heterocycles. The lowest BCUT2D eigenvalue weighted by Gasteiger charge is -2.05. The SMILES string of the molecule is C=CC(NC)c1cscn1. The van der Waals surface area contributed by atoms with E-state index in [1.165, 1.54) is 0 Å². The third kappa shape index (κ3) is 1.43. The van der Waals surface area contributed by atoms with Crippen LogP contribution in [0.3, 0.4) is 0 Å². The van der Waals surface area contributed by atoms with Crippen LogP contribution in [0, 0.1) is 0 Å². The molecular weight excluding hydrogens is 144 g/mol. The van der Waals surface area contributed by atoms with E-state index in [2.05, 4.69) is 16.9 Å². The van der Waals surface area contributed by atoms with Gasteiger partial charge in [-0.05, 0) is 7.05 Å². The highest BCUT2D eigenvalue weighted by molar-refractivity contribution is 7.07. The number of likely N-dealkylation sites (N-methyl/N-ethyl adjacent to an activating group) is 1. The quantitative estimate of drug-likeness (QED) is 0.669. The van der Waals surface area contributed by atoms with Crippen molar-refractivity contribution in [3.63, 3.8) is 0 Å². The molecule has 0 spiro atoms. The maximum atomic E-state index is 4.14. The Morgan fingerprint density at radius 1 is 1.90 bits per heavy atom. The molecule has 54 valence electrons. The number of hydrogen-bond acceptors (Lipinski definition) is 3. The molecule has 1 N–H and O–H groups in total. The Balaban J connectivity index is 2.73. The number of hydrogen-bond donors (Lipinski definition) is 1. The van der Waals surface area contributed by atoms with Crippen LogP contribution in [0.2, 0.25) is 0 Å². The monoisotopic (exact) mass is 154 g/mol. The maximum absolute atomic E-state index is 4.14. The zero-order chi connectivity index (χ0) is 7.40. The maximum Gasteiger partial charge on any atom is 0.0795 e. The molecule has 10 heavy (non-hydrogen) atoms. The molecule has 0 bridgehead atoms. The summed E-state index contributed by atoms with van der Waals surface area (Å²) in [4.78, 5) is 4.14. The molecule has 0 aliphatic rings. The minimum Gasteiger partial charge on any atom is -0.309 e. The fourth-order valence-corrected chi connectivity index (χ4v) is 1.35. The van der Waals surface area contributed by atoms with Crippen LogP contribution in [0.1, 0.15) is 11.7 Å². The molecule has 3 heteroatoms. The van der Waals surface area contributed by atoms with E-state index < -0.39 is 0 Å². The van der Waals surface area contributed by atoms with Gasteiger partial charge in [-0.25, -0.2) is 4.98 Å². The Labute approximate surface area is 64.6 Å². The second-order valence-corrected chi connectivity index (χ2v) is 2.63. The standard InChI is InChI=1S/C7H10N2S/c1-3-6(8-2)7-4-10-5-9-7/h3-6,8H,1H2,2H3. The van der Waals surface area contributed by atoms with Gasteiger partial charge in [0.05, 0.1) is 17.2 Å². The van der Waals surface area contributed by atoms with Crippen molar-refractivity contribution >= 4 is 11.3 Å². The van der Waals surface area contributed by atoms with Crippen LogP contribution in [-0.4, -0.2) is 12.0 Å². The van der Waals surface area contributed by atoms with E-state index in [-0.39, 0.29) is 6.04 Å². The first-order chi connectivity index (χ1) is 4.88. The fourth-order valence-electron chi connectivity index (χ4n) is 0.762. The summed E-state index contributed by atoms with van der Waals surface area (Å²) in [5, 5.41) is 5.10. The van der Waals surface area contributed by atoms with Crippen LogP contribution < -0.4 is 5.32 Å². The van der Waals surface area contributed by atoms with Gasteiger partial charge in [-0.2, -0.15) is 0 Å². The van der Waals surface area contributed by atoms with Gasteiger partial charge < -0.3 is 5.32 Å². The molecule has 1 atom stereocenters. The van der Waals surface area contributed by atoms with Gasteiger partial charge in [-0.15, -0.1) is 17.9 Å². The summed E-state index contributed by atoms with van der Waals surface area (Å²) >= 11 is 1.60. The highest BCUT2D eigenvalue weighted by Crippen LogP contribution is 2.12. The normalized spacial score (nSPS) is 12.9. The van der Waals surface area contributed by atoms with Gasteiger partial charge in [-0.3, -0.25) is 0 Å². The van der Waals surface area contributed by atoms with Crippen molar-refractivity contribution in [3.8, 4) is 0 Å². The molecule has 0 amide bonds. The van der Waals surface area contributed by atoms with Gasteiger partial charge in [-0.1, -0.05) is 6.08 Å². The van der Waals surface area contributed by atoms with Crippen LogP contribution in [0.5, 0.6) is 0 Å². The molecule has 0 aliphatic carbocycles. The molecule has 2 nitrogen and oxygen atoms in total. The van der Waals surface area contributed by atoms with Gasteiger partial charge in [0.25, 0.3) is 0 Å². The van der Waals surface area contributed by atoms with Gasteiger partial charge in [0.1, 0.15) is 0 Å². The predicted molar refractivity (Wildman–Crippen MR) is 44.1 cm³/mol. The molecule has 1 aromatic heterocycles. The van der Waals surface area contributed by atoms with Gasteiger partial charge in [0.2, 0.25) is 0 Å². The number of thiazole rings is 1. The van der Waals surface area contributed by atoms with Gasteiger partial charge in [0.15, 0.2) is 0 Å². The predicted octanol–water partition coefficient (Wildman–Crippen LogP) is 1.59. The number of rotatable bonds is 3. The molecule has 0 aromatic carbocycles. The summed E-state index contributed by atoms with van der Waals surface area (Å²) in [5.41, 5.74) is 2.87. The van der Waals surface area contributed by atoms with E-state index in [9.17, 15) is 0 Å². The molecule has 0 fully saturated rings. The van der Waals surface area contributed by atoms with Crippen LogP contribution in [0.4, 0.5) is 0 Å². The zero-order valence-corrected chi connectivity index (χ0v) is 6.69. The van der Waals surface area contributed by atoms with Crippen molar-refractivity contribution in [2.45, 2.75) is 6.04 Å². The minimum absolute atomic E-state index is 0.200. The first-order valence-corrected chi connectivity index (χ1v) is 4.00. The van der Waals surface area contributed by atoms with E-state index in [0.717, 1.165) is 5.69 Å². The van der Waals surface area contributed by atoms with Crippen molar-refractivity contribution in [1.82, 2.24) is 10.3 Å². The first-order valence-electron chi connectivity index (χ1n) is 3.06. The van der Waals surface area contributed by atoms with Crippen molar-refractivity contribution < 1.29 is 0 Å². The fraction of sp³-hybridized carbons (Fsp3) is 0.286. The summed E-state index contributed by atoms with van der Waals surface area (Å²) in [5.74, 6) is 0. The Morgan fingerprint density at radius 2 is 2.70 bits per heavy atom. The molecule has 0 radical (unpaired) electrons.